The largest absolute Gasteiger partial charge is 0.366 e. The Bertz CT molecular complexity index is 853. The van der Waals surface area contributed by atoms with E-state index in [1.54, 1.807) is 0 Å². The maximum absolute atomic E-state index is 11.1. The molecule has 3 rings (SSSR count). The molecular formula is C22H23N3O. The van der Waals surface area contributed by atoms with Crippen LogP contribution in [0.25, 0.3) is 22.5 Å². The number of carbonyl (C=O) groups excluding carboxylic acids is 1. The molecule has 3 aromatic rings. The molecule has 2 N–H and O–H groups in total. The van der Waals surface area contributed by atoms with E-state index in [0.717, 1.165) is 17.5 Å². The predicted molar refractivity (Wildman–Crippen MR) is 105 cm³/mol. The lowest BCUT2D eigenvalue weighted by Crippen LogP contribution is -2.11. The number of benzene rings is 2. The van der Waals surface area contributed by atoms with E-state index in [1.165, 1.54) is 42.8 Å². The SMILES string of the molecule is CCCCCc1ccc(-c2ccc(-c3ncc(C(N)=O)cn3)cc2)cc1. The molecule has 132 valence electrons. The second-order valence-electron chi connectivity index (χ2n) is 6.39. The number of aryl methyl sites for hydroxylation is 1. The average molecular weight is 345 g/mol. The Balaban J connectivity index is 1.71. The molecule has 0 fully saturated rings. The van der Waals surface area contributed by atoms with Gasteiger partial charge in [0.2, 0.25) is 0 Å². The number of rotatable bonds is 7. The molecule has 0 radical (unpaired) electrons. The molecule has 2 aromatic carbocycles. The van der Waals surface area contributed by atoms with Crippen molar-refractivity contribution in [3.05, 3.63) is 72.1 Å². The lowest BCUT2D eigenvalue weighted by Gasteiger charge is -2.06. The fraction of sp³-hybridized carbons (Fsp3) is 0.227. The maximum atomic E-state index is 11.1. The average Bonchev–Trinajstić information content (AvgIpc) is 2.69. The Morgan fingerprint density at radius 1 is 0.846 bits per heavy atom. The van der Waals surface area contributed by atoms with Gasteiger partial charge in [-0.05, 0) is 29.5 Å². The zero-order chi connectivity index (χ0) is 18.4. The maximum Gasteiger partial charge on any atom is 0.251 e. The van der Waals surface area contributed by atoms with Crippen LogP contribution in [0.5, 0.6) is 0 Å². The third kappa shape index (κ3) is 4.33. The molecule has 0 unspecified atom stereocenters. The summed E-state index contributed by atoms with van der Waals surface area (Å²) >= 11 is 0. The van der Waals surface area contributed by atoms with Crippen LogP contribution in [-0.2, 0) is 6.42 Å². The Hall–Kier alpha value is -3.01. The van der Waals surface area contributed by atoms with Crippen LogP contribution < -0.4 is 5.73 Å². The molecule has 1 aromatic heterocycles. The highest BCUT2D eigenvalue weighted by atomic mass is 16.1. The van der Waals surface area contributed by atoms with E-state index >= 15 is 0 Å². The molecule has 0 saturated carbocycles. The molecule has 4 heteroatoms. The third-order valence-electron chi connectivity index (χ3n) is 4.44. The van der Waals surface area contributed by atoms with Gasteiger partial charge in [-0.25, -0.2) is 9.97 Å². The predicted octanol–water partition coefficient (Wildman–Crippen LogP) is 4.64. The summed E-state index contributed by atoms with van der Waals surface area (Å²) in [5, 5.41) is 0. The van der Waals surface area contributed by atoms with E-state index in [1.807, 2.05) is 12.1 Å². The Morgan fingerprint density at radius 2 is 1.38 bits per heavy atom. The Labute approximate surface area is 154 Å². The molecule has 0 spiro atoms. The van der Waals surface area contributed by atoms with Gasteiger partial charge in [-0.1, -0.05) is 68.3 Å². The minimum atomic E-state index is -0.523. The van der Waals surface area contributed by atoms with Crippen LogP contribution in [0.15, 0.2) is 60.9 Å². The van der Waals surface area contributed by atoms with Crippen molar-refractivity contribution in [1.82, 2.24) is 9.97 Å². The minimum absolute atomic E-state index is 0.310. The lowest BCUT2D eigenvalue weighted by molar-refractivity contribution is 0.0999. The van der Waals surface area contributed by atoms with Crippen LogP contribution in [-0.4, -0.2) is 15.9 Å². The normalized spacial score (nSPS) is 10.7. The van der Waals surface area contributed by atoms with Crippen molar-refractivity contribution in [3.63, 3.8) is 0 Å². The first-order valence-corrected chi connectivity index (χ1v) is 8.99. The van der Waals surface area contributed by atoms with Gasteiger partial charge < -0.3 is 5.73 Å². The van der Waals surface area contributed by atoms with Crippen LogP contribution in [0.4, 0.5) is 0 Å². The summed E-state index contributed by atoms with van der Waals surface area (Å²) in [5.41, 5.74) is 10.2. The van der Waals surface area contributed by atoms with E-state index in [9.17, 15) is 4.79 Å². The summed E-state index contributed by atoms with van der Waals surface area (Å²) in [4.78, 5) is 19.5. The van der Waals surface area contributed by atoms with Crippen molar-refractivity contribution in [3.8, 4) is 22.5 Å². The van der Waals surface area contributed by atoms with Gasteiger partial charge in [0.1, 0.15) is 0 Å². The van der Waals surface area contributed by atoms with Crippen LogP contribution in [0.3, 0.4) is 0 Å². The second kappa shape index (κ2) is 8.39. The highest BCUT2D eigenvalue weighted by Crippen LogP contribution is 2.24. The first-order chi connectivity index (χ1) is 12.7. The van der Waals surface area contributed by atoms with Crippen molar-refractivity contribution < 1.29 is 4.79 Å². The zero-order valence-electron chi connectivity index (χ0n) is 15.0. The summed E-state index contributed by atoms with van der Waals surface area (Å²) in [6, 6.07) is 16.9. The topological polar surface area (TPSA) is 68.9 Å². The first kappa shape index (κ1) is 17.8. The highest BCUT2D eigenvalue weighted by molar-refractivity contribution is 5.92. The number of hydrogen-bond donors (Lipinski definition) is 1. The molecule has 0 saturated heterocycles. The van der Waals surface area contributed by atoms with Gasteiger partial charge in [-0.15, -0.1) is 0 Å². The van der Waals surface area contributed by atoms with E-state index in [2.05, 4.69) is 53.3 Å². The molecule has 0 aliphatic rings. The van der Waals surface area contributed by atoms with Crippen molar-refractivity contribution in [2.45, 2.75) is 32.6 Å². The van der Waals surface area contributed by atoms with Crippen molar-refractivity contribution in [1.29, 1.82) is 0 Å². The zero-order valence-corrected chi connectivity index (χ0v) is 15.0. The van der Waals surface area contributed by atoms with E-state index in [4.69, 9.17) is 5.73 Å². The molecule has 0 atom stereocenters. The number of nitrogens with zero attached hydrogens (tertiary/aromatic N) is 2. The summed E-state index contributed by atoms with van der Waals surface area (Å²) in [7, 11) is 0. The minimum Gasteiger partial charge on any atom is -0.366 e. The van der Waals surface area contributed by atoms with Crippen LogP contribution in [0.2, 0.25) is 0 Å². The number of carbonyl (C=O) groups is 1. The van der Waals surface area contributed by atoms with Gasteiger partial charge in [0.15, 0.2) is 5.82 Å². The Kier molecular flexibility index (Phi) is 5.74. The molecule has 0 aliphatic carbocycles. The van der Waals surface area contributed by atoms with Gasteiger partial charge in [-0.2, -0.15) is 0 Å². The number of aromatic nitrogens is 2. The number of nitrogens with two attached hydrogens (primary N) is 1. The molecule has 0 bridgehead atoms. The summed E-state index contributed by atoms with van der Waals surface area (Å²) in [5.74, 6) is 0.0536. The smallest absolute Gasteiger partial charge is 0.251 e. The summed E-state index contributed by atoms with van der Waals surface area (Å²) in [6.07, 6.45) is 7.83. The third-order valence-corrected chi connectivity index (χ3v) is 4.44. The molecule has 26 heavy (non-hydrogen) atoms. The second-order valence-corrected chi connectivity index (χ2v) is 6.39. The van der Waals surface area contributed by atoms with Gasteiger partial charge in [0, 0.05) is 18.0 Å². The van der Waals surface area contributed by atoms with Crippen molar-refractivity contribution >= 4 is 5.91 Å². The fourth-order valence-electron chi connectivity index (χ4n) is 2.86. The Morgan fingerprint density at radius 3 is 1.92 bits per heavy atom. The molecule has 1 amide bonds. The number of amides is 1. The van der Waals surface area contributed by atoms with Crippen LogP contribution >= 0.6 is 0 Å². The number of unbranched alkanes of at least 4 members (excludes halogenated alkanes) is 2. The van der Waals surface area contributed by atoms with Crippen LogP contribution in [0.1, 0.15) is 42.1 Å². The van der Waals surface area contributed by atoms with E-state index in [0.29, 0.717) is 11.4 Å². The quantitative estimate of drug-likeness (QED) is 0.634. The fourth-order valence-corrected chi connectivity index (χ4v) is 2.86. The van der Waals surface area contributed by atoms with Gasteiger partial charge in [-0.3, -0.25) is 4.79 Å². The summed E-state index contributed by atoms with van der Waals surface area (Å²) < 4.78 is 0. The number of hydrogen-bond acceptors (Lipinski definition) is 3. The molecular weight excluding hydrogens is 322 g/mol. The van der Waals surface area contributed by atoms with Gasteiger partial charge in [0.25, 0.3) is 5.91 Å². The van der Waals surface area contributed by atoms with E-state index in [-0.39, 0.29) is 0 Å². The van der Waals surface area contributed by atoms with Crippen LogP contribution in [0, 0.1) is 0 Å². The van der Waals surface area contributed by atoms with E-state index < -0.39 is 5.91 Å². The van der Waals surface area contributed by atoms with Gasteiger partial charge in [0.05, 0.1) is 5.56 Å². The van der Waals surface area contributed by atoms with Crippen molar-refractivity contribution in [2.24, 2.45) is 5.73 Å². The van der Waals surface area contributed by atoms with Gasteiger partial charge >= 0.3 is 0 Å². The monoisotopic (exact) mass is 345 g/mol. The highest BCUT2D eigenvalue weighted by Gasteiger charge is 2.05. The molecule has 1 heterocycles. The molecule has 0 aliphatic heterocycles. The molecule has 4 nitrogen and oxygen atoms in total. The summed E-state index contributed by atoms with van der Waals surface area (Å²) in [6.45, 7) is 2.23. The van der Waals surface area contributed by atoms with Crippen molar-refractivity contribution in [2.75, 3.05) is 0 Å². The lowest BCUT2D eigenvalue weighted by atomic mass is 10.0. The number of primary amides is 1. The first-order valence-electron chi connectivity index (χ1n) is 8.99. The standard InChI is InChI=1S/C22H23N3O/c1-2-3-4-5-16-6-8-17(9-7-16)18-10-12-19(13-11-18)22-24-14-20(15-25-22)21(23)26/h6-15H,2-5H2,1H3,(H2,23,26).